The van der Waals surface area contributed by atoms with Gasteiger partial charge in [0.1, 0.15) is 0 Å². The predicted octanol–water partition coefficient (Wildman–Crippen LogP) is 5.97. The van der Waals surface area contributed by atoms with Crippen molar-refractivity contribution in [1.82, 2.24) is 0 Å². The lowest BCUT2D eigenvalue weighted by atomic mass is 9.46. The number of fused-ring (bicyclic) bond motifs is 5. The summed E-state index contributed by atoms with van der Waals surface area (Å²) in [5, 5.41) is 3.85. The first-order valence-electron chi connectivity index (χ1n) is 11.7. The molecule has 0 N–H and O–H groups in total. The van der Waals surface area contributed by atoms with Gasteiger partial charge in [-0.15, -0.1) is 0 Å². The maximum absolute atomic E-state index is 12.4. The zero-order chi connectivity index (χ0) is 21.7. The minimum Gasteiger partial charge on any atom is -0.466 e. The molecule has 0 aromatic rings. The molecule has 6 heteroatoms. The number of hydrogen-bond acceptors (Lipinski definition) is 4. The zero-order valence-corrected chi connectivity index (χ0v) is 18.8. The van der Waals surface area contributed by atoms with Crippen LogP contribution in [-0.4, -0.2) is 18.4 Å². The van der Waals surface area contributed by atoms with Crippen molar-refractivity contribution in [3.05, 3.63) is 21.7 Å². The van der Waals surface area contributed by atoms with Crippen LogP contribution in [0.4, 0.5) is 0 Å². The van der Waals surface area contributed by atoms with Crippen LogP contribution in [0.3, 0.4) is 0 Å². The second-order valence-electron chi connectivity index (χ2n) is 10.8. The highest BCUT2D eigenvalue weighted by atomic mass is 16.5. The van der Waals surface area contributed by atoms with Crippen LogP contribution in [-0.2, 0) is 14.3 Å². The first kappa shape index (κ1) is 21.4. The van der Waals surface area contributed by atoms with Crippen LogP contribution >= 0.6 is 0 Å². The number of hydrogen-bond donors (Lipinski definition) is 0. The molecule has 4 rings (SSSR count). The van der Waals surface area contributed by atoms with Gasteiger partial charge in [0, 0.05) is 18.3 Å². The lowest BCUT2D eigenvalue weighted by molar-refractivity contribution is -0.143. The number of ether oxygens (including phenoxy) is 1. The number of carbonyl (C=O) groups is 2. The van der Waals surface area contributed by atoms with Crippen LogP contribution in [0.1, 0.15) is 79.1 Å². The number of esters is 1. The molecule has 164 valence electrons. The molecule has 4 aliphatic carbocycles. The molecule has 0 radical (unpaired) electrons. The van der Waals surface area contributed by atoms with E-state index in [1.807, 2.05) is 0 Å². The minimum absolute atomic E-state index is 0.0108. The topological polar surface area (TPSA) is 92.1 Å². The standard InChI is InChI=1S/C24H35N3O3/c1-14(13-30-15(2)28)17-7-8-18-16-5-6-20-22(26-27-25)21(29)10-12-24(20,4)19(16)9-11-23(17,18)3/h14,16-19H,5-13H2,1-4H3/t14-,16+,17-,18+,19+,23-,24-/m1/s1. The van der Waals surface area contributed by atoms with Crippen LogP contribution < -0.4 is 0 Å². The van der Waals surface area contributed by atoms with Crippen molar-refractivity contribution in [2.45, 2.75) is 79.1 Å². The normalized spacial score (nSPS) is 41.3. The lowest BCUT2D eigenvalue weighted by Crippen LogP contribution is -2.51. The van der Waals surface area contributed by atoms with Gasteiger partial charge < -0.3 is 4.74 Å². The van der Waals surface area contributed by atoms with Gasteiger partial charge in [-0.05, 0) is 90.9 Å². The van der Waals surface area contributed by atoms with E-state index < -0.39 is 0 Å². The molecule has 0 aromatic carbocycles. The van der Waals surface area contributed by atoms with E-state index in [1.165, 1.54) is 32.6 Å². The second-order valence-corrected chi connectivity index (χ2v) is 10.8. The van der Waals surface area contributed by atoms with E-state index >= 15 is 0 Å². The fourth-order valence-electron chi connectivity index (χ4n) is 8.19. The van der Waals surface area contributed by atoms with Crippen molar-refractivity contribution in [1.29, 1.82) is 0 Å². The van der Waals surface area contributed by atoms with E-state index in [0.29, 0.717) is 53.7 Å². The molecule has 4 aliphatic rings. The quantitative estimate of drug-likeness (QED) is 0.246. The molecule has 0 bridgehead atoms. The molecule has 0 aliphatic heterocycles. The highest BCUT2D eigenvalue weighted by Crippen LogP contribution is 2.67. The summed E-state index contributed by atoms with van der Waals surface area (Å²) < 4.78 is 5.36. The molecule has 3 saturated carbocycles. The number of carbonyl (C=O) groups excluding carboxylic acids is 2. The van der Waals surface area contributed by atoms with Gasteiger partial charge in [0.15, 0.2) is 5.78 Å². The summed E-state index contributed by atoms with van der Waals surface area (Å²) in [6.45, 7) is 9.08. The van der Waals surface area contributed by atoms with Gasteiger partial charge in [-0.25, -0.2) is 0 Å². The number of Topliss-reactive ketones (excluding diaryl/α,β-unsaturated/α-hetero) is 1. The van der Waals surface area contributed by atoms with Gasteiger partial charge in [-0.2, -0.15) is 0 Å². The van der Waals surface area contributed by atoms with Gasteiger partial charge in [-0.3, -0.25) is 9.59 Å². The third-order valence-electron chi connectivity index (χ3n) is 9.55. The third kappa shape index (κ3) is 3.19. The number of nitrogens with zero attached hydrogens (tertiary/aromatic N) is 3. The van der Waals surface area contributed by atoms with Crippen molar-refractivity contribution >= 4 is 11.8 Å². The minimum atomic E-state index is -0.188. The van der Waals surface area contributed by atoms with E-state index in [-0.39, 0.29) is 17.2 Å². The first-order chi connectivity index (χ1) is 14.2. The molecule has 30 heavy (non-hydrogen) atoms. The maximum Gasteiger partial charge on any atom is 0.302 e. The molecule has 6 nitrogen and oxygen atoms in total. The number of rotatable bonds is 4. The Bertz CT molecular complexity index is 830. The first-order valence-corrected chi connectivity index (χ1v) is 11.7. The summed E-state index contributed by atoms with van der Waals surface area (Å²) in [4.78, 5) is 26.7. The van der Waals surface area contributed by atoms with E-state index in [0.717, 1.165) is 24.8 Å². The molecule has 3 fully saturated rings. The van der Waals surface area contributed by atoms with Gasteiger partial charge in [-0.1, -0.05) is 31.5 Å². The van der Waals surface area contributed by atoms with E-state index in [4.69, 9.17) is 10.3 Å². The molecular formula is C24H35N3O3. The molecule has 0 heterocycles. The molecule has 0 spiro atoms. The number of ketones is 1. The van der Waals surface area contributed by atoms with Crippen molar-refractivity contribution in [2.75, 3.05) is 6.61 Å². The van der Waals surface area contributed by atoms with Crippen molar-refractivity contribution < 1.29 is 14.3 Å². The summed E-state index contributed by atoms with van der Waals surface area (Å²) in [6.07, 6.45) is 8.22. The van der Waals surface area contributed by atoms with Crippen LogP contribution in [0.25, 0.3) is 10.4 Å². The monoisotopic (exact) mass is 413 g/mol. The van der Waals surface area contributed by atoms with E-state index in [2.05, 4.69) is 30.8 Å². The molecular weight excluding hydrogens is 378 g/mol. The highest BCUT2D eigenvalue weighted by Gasteiger charge is 2.60. The average Bonchev–Trinajstić information content (AvgIpc) is 3.06. The Kier molecular flexibility index (Phi) is 5.50. The van der Waals surface area contributed by atoms with Gasteiger partial charge in [0.25, 0.3) is 0 Å². The Morgan fingerprint density at radius 1 is 1.20 bits per heavy atom. The summed E-state index contributed by atoms with van der Waals surface area (Å²) in [7, 11) is 0. The van der Waals surface area contributed by atoms with Crippen LogP contribution in [0.15, 0.2) is 16.4 Å². The summed E-state index contributed by atoms with van der Waals surface area (Å²) in [6, 6.07) is 0. The van der Waals surface area contributed by atoms with E-state index in [9.17, 15) is 9.59 Å². The van der Waals surface area contributed by atoms with Crippen molar-refractivity contribution in [2.24, 2.45) is 45.5 Å². The molecule has 7 atom stereocenters. The Labute approximate surface area is 179 Å². The van der Waals surface area contributed by atoms with Crippen molar-refractivity contribution in [3.63, 3.8) is 0 Å². The summed E-state index contributed by atoms with van der Waals surface area (Å²) in [5.41, 5.74) is 10.9. The molecule has 0 unspecified atom stereocenters. The van der Waals surface area contributed by atoms with Gasteiger partial charge >= 0.3 is 5.97 Å². The fourth-order valence-corrected chi connectivity index (χ4v) is 8.19. The Morgan fingerprint density at radius 3 is 2.67 bits per heavy atom. The molecule has 0 amide bonds. The summed E-state index contributed by atoms with van der Waals surface area (Å²) >= 11 is 0. The van der Waals surface area contributed by atoms with Crippen LogP contribution in [0.5, 0.6) is 0 Å². The maximum atomic E-state index is 12.4. The van der Waals surface area contributed by atoms with Crippen LogP contribution in [0.2, 0.25) is 0 Å². The molecule has 0 saturated heterocycles. The molecule has 0 aromatic heterocycles. The van der Waals surface area contributed by atoms with Gasteiger partial charge in [0.2, 0.25) is 0 Å². The van der Waals surface area contributed by atoms with Crippen LogP contribution in [0, 0.1) is 40.4 Å². The van der Waals surface area contributed by atoms with E-state index in [1.54, 1.807) is 0 Å². The smallest absolute Gasteiger partial charge is 0.302 e. The Morgan fingerprint density at radius 2 is 1.97 bits per heavy atom. The Hall–Kier alpha value is -1.81. The zero-order valence-electron chi connectivity index (χ0n) is 18.8. The third-order valence-corrected chi connectivity index (χ3v) is 9.55. The number of allylic oxidation sites excluding steroid dienone is 1. The number of azide groups is 1. The fraction of sp³-hybridized carbons (Fsp3) is 0.833. The SMILES string of the molecule is CC(=O)OC[C@@H](C)[C@H]1CC[C@H]2[C@@H]3CCC4=C(N=[N+]=[N-])C(=O)CC[C@]4(C)[C@H]3CC[C@]12C. The lowest BCUT2D eigenvalue weighted by Gasteiger charge is -2.58. The predicted molar refractivity (Wildman–Crippen MR) is 114 cm³/mol. The Balaban J connectivity index is 1.60. The average molecular weight is 414 g/mol. The highest BCUT2D eigenvalue weighted by molar-refractivity contribution is 5.97. The summed E-state index contributed by atoms with van der Waals surface area (Å²) in [5.74, 6) is 2.76. The van der Waals surface area contributed by atoms with Gasteiger partial charge in [0.05, 0.1) is 12.3 Å². The largest absolute Gasteiger partial charge is 0.466 e. The second kappa shape index (κ2) is 7.71. The van der Waals surface area contributed by atoms with Crippen molar-refractivity contribution in [3.8, 4) is 0 Å².